The van der Waals surface area contributed by atoms with Crippen molar-refractivity contribution in [1.82, 2.24) is 19.7 Å². The van der Waals surface area contributed by atoms with E-state index >= 15 is 0 Å². The molecule has 0 aliphatic heterocycles. The largest absolute Gasteiger partial charge is 0.476 e. The smallest absolute Gasteiger partial charge is 0.358 e. The molecule has 0 atom stereocenters. The van der Waals surface area contributed by atoms with E-state index in [4.69, 9.17) is 16.7 Å². The van der Waals surface area contributed by atoms with Gasteiger partial charge in [0, 0.05) is 6.54 Å². The van der Waals surface area contributed by atoms with E-state index in [-0.39, 0.29) is 28.7 Å². The standard InChI is InChI=1S/C12H13ClN4O4S/c1-8-2-3-11(9(13)6-8)22(20,21)14-4-5-17-7-10(12(18)19)15-16-17/h2-3,6-7,14H,4-5H2,1H3,(H,18,19). The van der Waals surface area contributed by atoms with Crippen molar-refractivity contribution in [2.75, 3.05) is 6.54 Å². The number of carboxylic acids is 1. The lowest BCUT2D eigenvalue weighted by atomic mass is 10.2. The van der Waals surface area contributed by atoms with Crippen LogP contribution >= 0.6 is 11.6 Å². The number of hydrogen-bond donors (Lipinski definition) is 2. The molecule has 0 aliphatic carbocycles. The zero-order valence-electron chi connectivity index (χ0n) is 11.5. The number of hydrogen-bond acceptors (Lipinski definition) is 5. The number of aryl methyl sites for hydroxylation is 1. The lowest BCUT2D eigenvalue weighted by Gasteiger charge is -2.08. The molecule has 0 saturated heterocycles. The Balaban J connectivity index is 2.02. The summed E-state index contributed by atoms with van der Waals surface area (Å²) in [5.74, 6) is -1.20. The number of aromatic nitrogens is 3. The summed E-state index contributed by atoms with van der Waals surface area (Å²) in [6, 6.07) is 4.64. The minimum Gasteiger partial charge on any atom is -0.476 e. The summed E-state index contributed by atoms with van der Waals surface area (Å²) < 4.78 is 27.9. The van der Waals surface area contributed by atoms with Crippen LogP contribution < -0.4 is 4.72 Å². The zero-order valence-corrected chi connectivity index (χ0v) is 13.1. The molecule has 0 unspecified atom stereocenters. The van der Waals surface area contributed by atoms with Crippen molar-refractivity contribution in [3.8, 4) is 0 Å². The predicted molar refractivity (Wildman–Crippen MR) is 78.4 cm³/mol. The highest BCUT2D eigenvalue weighted by Gasteiger charge is 2.17. The van der Waals surface area contributed by atoms with Gasteiger partial charge in [0.05, 0.1) is 17.8 Å². The number of halogens is 1. The second-order valence-electron chi connectivity index (χ2n) is 4.50. The third-order valence-corrected chi connectivity index (χ3v) is 4.71. The lowest BCUT2D eigenvalue weighted by Crippen LogP contribution is -2.27. The average molecular weight is 345 g/mol. The van der Waals surface area contributed by atoms with Gasteiger partial charge in [0.15, 0.2) is 5.69 Å². The van der Waals surface area contributed by atoms with Crippen molar-refractivity contribution in [2.45, 2.75) is 18.4 Å². The van der Waals surface area contributed by atoms with Crippen LogP contribution in [-0.4, -0.2) is 41.0 Å². The van der Waals surface area contributed by atoms with Crippen LogP contribution in [0.5, 0.6) is 0 Å². The molecule has 2 aromatic rings. The maximum absolute atomic E-state index is 12.1. The first-order chi connectivity index (χ1) is 10.3. The van der Waals surface area contributed by atoms with Crippen LogP contribution in [0.25, 0.3) is 0 Å². The second kappa shape index (κ2) is 6.42. The van der Waals surface area contributed by atoms with Gasteiger partial charge in [-0.2, -0.15) is 0 Å². The van der Waals surface area contributed by atoms with E-state index in [0.29, 0.717) is 0 Å². The number of sulfonamides is 1. The fraction of sp³-hybridized carbons (Fsp3) is 0.250. The number of nitrogens with one attached hydrogen (secondary N) is 1. The van der Waals surface area contributed by atoms with E-state index in [9.17, 15) is 13.2 Å². The molecule has 1 aromatic heterocycles. The van der Waals surface area contributed by atoms with Crippen LogP contribution in [0.2, 0.25) is 5.02 Å². The molecule has 0 radical (unpaired) electrons. The van der Waals surface area contributed by atoms with Gasteiger partial charge in [-0.25, -0.2) is 17.9 Å². The molecule has 0 saturated carbocycles. The van der Waals surface area contributed by atoms with Gasteiger partial charge in [0.25, 0.3) is 0 Å². The van der Waals surface area contributed by atoms with E-state index in [1.54, 1.807) is 19.1 Å². The Hall–Kier alpha value is -1.97. The highest BCUT2D eigenvalue weighted by atomic mass is 35.5. The molecule has 0 spiro atoms. The van der Waals surface area contributed by atoms with E-state index in [0.717, 1.165) is 5.56 Å². The molecule has 8 nitrogen and oxygen atoms in total. The summed E-state index contributed by atoms with van der Waals surface area (Å²) in [5.41, 5.74) is 0.650. The maximum atomic E-state index is 12.1. The van der Waals surface area contributed by atoms with E-state index in [1.165, 1.54) is 16.9 Å². The highest BCUT2D eigenvalue weighted by Crippen LogP contribution is 2.22. The van der Waals surface area contributed by atoms with Crippen LogP contribution in [0.1, 0.15) is 16.1 Å². The zero-order chi connectivity index (χ0) is 16.3. The minimum absolute atomic E-state index is 0.00965. The van der Waals surface area contributed by atoms with Crippen LogP contribution in [-0.2, 0) is 16.6 Å². The monoisotopic (exact) mass is 344 g/mol. The van der Waals surface area contributed by atoms with Gasteiger partial charge in [-0.1, -0.05) is 22.9 Å². The summed E-state index contributed by atoms with van der Waals surface area (Å²) in [6.07, 6.45) is 1.22. The topological polar surface area (TPSA) is 114 Å². The van der Waals surface area contributed by atoms with Crippen LogP contribution in [0.4, 0.5) is 0 Å². The Kier molecular flexibility index (Phi) is 4.79. The minimum atomic E-state index is -3.75. The van der Waals surface area contributed by atoms with Crippen LogP contribution in [0, 0.1) is 6.92 Å². The number of aromatic carboxylic acids is 1. The molecular weight excluding hydrogens is 332 g/mol. The molecule has 0 bridgehead atoms. The van der Waals surface area contributed by atoms with Gasteiger partial charge in [-0.3, -0.25) is 4.68 Å². The SMILES string of the molecule is Cc1ccc(S(=O)(=O)NCCn2cc(C(=O)O)nn2)c(Cl)c1. The van der Waals surface area contributed by atoms with Gasteiger partial charge in [-0.05, 0) is 24.6 Å². The number of rotatable bonds is 6. The third-order valence-electron chi connectivity index (χ3n) is 2.77. The Morgan fingerprint density at radius 3 is 2.77 bits per heavy atom. The van der Waals surface area contributed by atoms with E-state index < -0.39 is 16.0 Å². The maximum Gasteiger partial charge on any atom is 0.358 e. The summed E-state index contributed by atoms with van der Waals surface area (Å²) in [7, 11) is -3.75. The third kappa shape index (κ3) is 3.81. The fourth-order valence-electron chi connectivity index (χ4n) is 1.70. The molecular formula is C12H13ClN4O4S. The van der Waals surface area contributed by atoms with E-state index in [2.05, 4.69) is 15.0 Å². The summed E-state index contributed by atoms with van der Waals surface area (Å²) in [6.45, 7) is 1.97. The number of carboxylic acid groups (broad SMARTS) is 1. The van der Waals surface area contributed by atoms with Crippen molar-refractivity contribution >= 4 is 27.6 Å². The van der Waals surface area contributed by atoms with Crippen molar-refractivity contribution in [3.05, 3.63) is 40.7 Å². The summed E-state index contributed by atoms with van der Waals surface area (Å²) in [4.78, 5) is 10.6. The fourth-order valence-corrected chi connectivity index (χ4v) is 3.32. The quantitative estimate of drug-likeness (QED) is 0.805. The molecule has 22 heavy (non-hydrogen) atoms. The Morgan fingerprint density at radius 2 is 2.18 bits per heavy atom. The molecule has 1 heterocycles. The average Bonchev–Trinajstić information content (AvgIpc) is 2.87. The van der Waals surface area contributed by atoms with Gasteiger partial charge in [-0.15, -0.1) is 5.10 Å². The molecule has 2 rings (SSSR count). The van der Waals surface area contributed by atoms with Crippen LogP contribution in [0.15, 0.2) is 29.3 Å². The Morgan fingerprint density at radius 1 is 1.45 bits per heavy atom. The van der Waals surface area contributed by atoms with Gasteiger partial charge < -0.3 is 5.11 Å². The van der Waals surface area contributed by atoms with Crippen molar-refractivity contribution in [2.24, 2.45) is 0 Å². The number of benzene rings is 1. The normalized spacial score (nSPS) is 11.5. The summed E-state index contributed by atoms with van der Waals surface area (Å²) >= 11 is 5.94. The molecule has 0 fully saturated rings. The molecule has 0 aliphatic rings. The molecule has 0 amide bonds. The molecule has 10 heteroatoms. The lowest BCUT2D eigenvalue weighted by molar-refractivity contribution is 0.0690. The van der Waals surface area contributed by atoms with Crippen LogP contribution in [0.3, 0.4) is 0 Å². The Bertz CT molecular complexity index is 803. The van der Waals surface area contributed by atoms with Gasteiger partial charge in [0.2, 0.25) is 10.0 Å². The Labute approximate surface area is 131 Å². The van der Waals surface area contributed by atoms with Crippen molar-refractivity contribution in [1.29, 1.82) is 0 Å². The molecule has 1 aromatic carbocycles. The first-order valence-electron chi connectivity index (χ1n) is 6.19. The van der Waals surface area contributed by atoms with Gasteiger partial charge in [0.1, 0.15) is 4.90 Å². The van der Waals surface area contributed by atoms with Gasteiger partial charge >= 0.3 is 5.97 Å². The van der Waals surface area contributed by atoms with E-state index in [1.807, 2.05) is 0 Å². The predicted octanol–water partition coefficient (Wildman–Crippen LogP) is 0.917. The molecule has 2 N–H and O–H groups in total. The highest BCUT2D eigenvalue weighted by molar-refractivity contribution is 7.89. The summed E-state index contributed by atoms with van der Waals surface area (Å²) in [5, 5.41) is 15.9. The number of carbonyl (C=O) groups is 1. The van der Waals surface area contributed by atoms with Crippen molar-refractivity contribution < 1.29 is 18.3 Å². The first kappa shape index (κ1) is 16.4. The van der Waals surface area contributed by atoms with Crippen molar-refractivity contribution in [3.63, 3.8) is 0 Å². The first-order valence-corrected chi connectivity index (χ1v) is 8.05. The molecule has 118 valence electrons. The second-order valence-corrected chi connectivity index (χ2v) is 6.65. The number of nitrogens with zero attached hydrogens (tertiary/aromatic N) is 3.